The summed E-state index contributed by atoms with van der Waals surface area (Å²) in [6.07, 6.45) is 2.74. The Kier molecular flexibility index (Phi) is 14.3. The van der Waals surface area contributed by atoms with Crippen LogP contribution in [0.15, 0.2) is 18.2 Å². The number of aromatic nitrogens is 1. The Morgan fingerprint density at radius 1 is 1.09 bits per heavy atom. The van der Waals surface area contributed by atoms with Crippen molar-refractivity contribution in [2.45, 2.75) is 97.4 Å². The van der Waals surface area contributed by atoms with Gasteiger partial charge in [0.15, 0.2) is 22.4 Å². The zero-order valence-corrected chi connectivity index (χ0v) is 30.8. The molecule has 0 aliphatic heterocycles. The summed E-state index contributed by atoms with van der Waals surface area (Å²) in [6.45, 7) is 17.1. The monoisotopic (exact) mass is 675 g/mol. The number of methoxy groups -OCH3 is 1. The molecule has 0 saturated carbocycles. The predicted molar refractivity (Wildman–Crippen MR) is 184 cm³/mol. The van der Waals surface area contributed by atoms with Gasteiger partial charge in [-0.1, -0.05) is 45.7 Å². The Hall–Kier alpha value is -3.43. The molecule has 2 rings (SSSR count). The zero-order valence-electron chi connectivity index (χ0n) is 29.0. The maximum absolute atomic E-state index is 14.7. The average molecular weight is 676 g/mol. The first-order valence-electron chi connectivity index (χ1n) is 15.6. The Balaban J connectivity index is 1.86. The number of benzene rings is 1. The lowest BCUT2D eigenvalue weighted by Crippen LogP contribution is -2.46. The predicted octanol–water partition coefficient (Wildman–Crippen LogP) is 7.50. The van der Waals surface area contributed by atoms with E-state index in [0.29, 0.717) is 41.9 Å². The van der Waals surface area contributed by atoms with Crippen LogP contribution < -0.4 is 10.1 Å². The van der Waals surface area contributed by atoms with Gasteiger partial charge in [-0.05, 0) is 69.7 Å². The number of thiazole rings is 1. The van der Waals surface area contributed by atoms with Gasteiger partial charge in [0.25, 0.3) is 0 Å². The molecule has 46 heavy (non-hydrogen) atoms. The van der Waals surface area contributed by atoms with Gasteiger partial charge in [0.05, 0.1) is 20.3 Å². The van der Waals surface area contributed by atoms with E-state index in [9.17, 15) is 18.8 Å². The smallest absolute Gasteiger partial charge is 0.410 e. The summed E-state index contributed by atoms with van der Waals surface area (Å²) in [5, 5.41) is 4.33. The first-order valence-corrected chi connectivity index (χ1v) is 19.4. The van der Waals surface area contributed by atoms with Crippen LogP contribution in [0.5, 0.6) is 5.75 Å². The third-order valence-corrected chi connectivity index (χ3v) is 14.2. The number of rotatable bonds is 14. The molecular formula is C34H50FN3O6SSi. The van der Waals surface area contributed by atoms with Crippen molar-refractivity contribution in [1.29, 1.82) is 0 Å². The van der Waals surface area contributed by atoms with Crippen molar-refractivity contribution in [3.05, 3.63) is 40.2 Å². The molecule has 1 amide bonds. The van der Waals surface area contributed by atoms with E-state index in [0.717, 1.165) is 17.7 Å². The minimum Gasteiger partial charge on any atom is -0.491 e. The highest BCUT2D eigenvalue weighted by atomic mass is 32.1. The highest BCUT2D eigenvalue weighted by Gasteiger charge is 2.41. The van der Waals surface area contributed by atoms with Crippen molar-refractivity contribution < 1.29 is 33.0 Å². The second-order valence-electron chi connectivity index (χ2n) is 13.7. The lowest BCUT2D eigenvalue weighted by atomic mass is 10.2. The summed E-state index contributed by atoms with van der Waals surface area (Å²) in [6, 6.07) is 4.46. The van der Waals surface area contributed by atoms with Crippen LogP contribution in [0.1, 0.15) is 88.2 Å². The number of carbonyl (C=O) groups is 3. The fourth-order valence-electron chi connectivity index (χ4n) is 3.96. The normalized spacial score (nSPS) is 11.7. The largest absolute Gasteiger partial charge is 0.491 e. The van der Waals surface area contributed by atoms with Crippen LogP contribution in [0.3, 0.4) is 0 Å². The number of nitrogens with zero attached hydrogens (tertiary/aromatic N) is 2. The van der Waals surface area contributed by atoms with E-state index < -0.39 is 31.6 Å². The van der Waals surface area contributed by atoms with Gasteiger partial charge < -0.3 is 29.2 Å². The highest BCUT2D eigenvalue weighted by Crippen LogP contribution is 2.37. The molecule has 0 fully saturated rings. The maximum Gasteiger partial charge on any atom is 0.410 e. The summed E-state index contributed by atoms with van der Waals surface area (Å²) in [5.41, 5.74) is 0.114. The molecule has 1 aromatic heterocycles. The lowest BCUT2D eigenvalue weighted by molar-refractivity contribution is -0.113. The van der Waals surface area contributed by atoms with E-state index in [1.807, 2.05) is 0 Å². The van der Waals surface area contributed by atoms with Gasteiger partial charge in [-0.3, -0.25) is 0 Å². The van der Waals surface area contributed by atoms with E-state index in [1.54, 1.807) is 33.9 Å². The van der Waals surface area contributed by atoms with Crippen LogP contribution >= 0.6 is 11.3 Å². The second-order valence-corrected chi connectivity index (χ2v) is 20.1. The Morgan fingerprint density at radius 2 is 1.78 bits per heavy atom. The van der Waals surface area contributed by atoms with E-state index >= 15 is 0 Å². The van der Waals surface area contributed by atoms with Crippen molar-refractivity contribution in [2.24, 2.45) is 0 Å². The Bertz CT molecular complexity index is 1420. The van der Waals surface area contributed by atoms with Gasteiger partial charge >= 0.3 is 12.1 Å². The lowest BCUT2D eigenvalue weighted by Gasteiger charge is -2.35. The molecule has 1 heterocycles. The summed E-state index contributed by atoms with van der Waals surface area (Å²) in [4.78, 5) is 43.7. The van der Waals surface area contributed by atoms with E-state index in [1.165, 1.54) is 35.5 Å². The Morgan fingerprint density at radius 3 is 2.39 bits per heavy atom. The van der Waals surface area contributed by atoms with E-state index in [2.05, 4.69) is 56.0 Å². The van der Waals surface area contributed by atoms with Gasteiger partial charge in [0, 0.05) is 30.5 Å². The molecule has 0 radical (unpaired) electrons. The SMILES string of the molecule is COC(=O)c1nc(NCCCCC(=O)[Si](C)(C)C(C)(C)C)sc1CCCOc1ccc(C#CCN(C)C(=O)OC(C)(C)C)cc1F. The second kappa shape index (κ2) is 16.9. The van der Waals surface area contributed by atoms with Crippen molar-refractivity contribution in [2.75, 3.05) is 39.2 Å². The van der Waals surface area contributed by atoms with Crippen LogP contribution in [-0.2, 0) is 20.7 Å². The van der Waals surface area contributed by atoms with Gasteiger partial charge in [0.1, 0.15) is 19.1 Å². The minimum atomic E-state index is -1.99. The third-order valence-electron chi connectivity index (χ3n) is 7.75. The number of nitrogens with one attached hydrogen (secondary N) is 1. The number of amides is 1. The van der Waals surface area contributed by atoms with Gasteiger partial charge in [-0.15, -0.1) is 11.3 Å². The van der Waals surface area contributed by atoms with E-state index in [4.69, 9.17) is 14.2 Å². The molecule has 254 valence electrons. The molecule has 0 saturated heterocycles. The molecule has 12 heteroatoms. The van der Waals surface area contributed by atoms with Crippen LogP contribution in [0.2, 0.25) is 18.1 Å². The summed E-state index contributed by atoms with van der Waals surface area (Å²) in [7, 11) is 0.914. The average Bonchev–Trinajstić information content (AvgIpc) is 3.36. The number of esters is 1. The summed E-state index contributed by atoms with van der Waals surface area (Å²) < 4.78 is 30.5. The molecular weight excluding hydrogens is 626 g/mol. The molecule has 9 nitrogen and oxygen atoms in total. The van der Waals surface area contributed by atoms with Crippen LogP contribution in [-0.4, -0.2) is 74.9 Å². The molecule has 1 N–H and O–H groups in total. The third kappa shape index (κ3) is 12.1. The van der Waals surface area contributed by atoms with Crippen molar-refractivity contribution in [3.8, 4) is 17.6 Å². The number of unbranched alkanes of at least 4 members (excludes halogenated alkanes) is 1. The number of ether oxygens (including phenoxy) is 3. The molecule has 0 atom stereocenters. The van der Waals surface area contributed by atoms with E-state index in [-0.39, 0.29) is 29.6 Å². The van der Waals surface area contributed by atoms with Crippen molar-refractivity contribution >= 4 is 42.0 Å². The van der Waals surface area contributed by atoms with Crippen molar-refractivity contribution in [3.63, 3.8) is 0 Å². The van der Waals surface area contributed by atoms with Gasteiger partial charge in [-0.25, -0.2) is 19.0 Å². The van der Waals surface area contributed by atoms with Crippen molar-refractivity contribution in [1.82, 2.24) is 9.88 Å². The van der Waals surface area contributed by atoms with Crippen LogP contribution in [0.25, 0.3) is 0 Å². The van der Waals surface area contributed by atoms with Crippen LogP contribution in [0, 0.1) is 17.7 Å². The number of aryl methyl sites for hydroxylation is 1. The highest BCUT2D eigenvalue weighted by molar-refractivity contribution is 7.15. The molecule has 0 unspecified atom stereocenters. The first kappa shape index (κ1) is 38.7. The number of anilines is 1. The minimum absolute atomic E-state index is 0.0348. The number of hydrogen-bond donors (Lipinski definition) is 1. The standard InChI is InChI=1S/C34H50FN3O6SSi/c1-33(2,3)44-32(41)38(7)21-13-15-24-18-19-26(25(35)23-24)43-22-14-16-27-29(30(40)42-8)37-31(45-27)36-20-12-11-17-28(39)46(9,10)34(4,5)6/h18-19,23H,11-12,14,16-17,20-22H2,1-10H3,(H,36,37). The fourth-order valence-corrected chi connectivity index (χ4v) is 6.62. The molecule has 0 bridgehead atoms. The molecule has 0 aliphatic rings. The molecule has 1 aromatic carbocycles. The number of halogens is 1. The number of carbonyl (C=O) groups excluding carboxylic acids is 3. The zero-order chi connectivity index (χ0) is 34.7. The Labute approximate surface area is 278 Å². The molecule has 0 aliphatic carbocycles. The molecule has 0 spiro atoms. The summed E-state index contributed by atoms with van der Waals surface area (Å²) >= 11 is 1.38. The number of hydrogen-bond acceptors (Lipinski definition) is 9. The van der Waals surface area contributed by atoms with Crippen LogP contribution in [0.4, 0.5) is 14.3 Å². The maximum atomic E-state index is 14.7. The quantitative estimate of drug-likeness (QED) is 0.0950. The first-order chi connectivity index (χ1) is 21.4. The molecule has 2 aromatic rings. The van der Waals surface area contributed by atoms with Gasteiger partial charge in [-0.2, -0.15) is 0 Å². The summed E-state index contributed by atoms with van der Waals surface area (Å²) in [5.74, 6) is 4.74. The fraction of sp³-hybridized carbons (Fsp3) is 0.588. The topological polar surface area (TPSA) is 107 Å². The van der Waals surface area contributed by atoms with Gasteiger partial charge in [0.2, 0.25) is 0 Å².